The number of aromatic carboxylic acids is 1. The fourth-order valence-electron chi connectivity index (χ4n) is 2.36. The highest BCUT2D eigenvalue weighted by Crippen LogP contribution is 2.34. The van der Waals surface area contributed by atoms with E-state index in [0.717, 1.165) is 12.0 Å². The van der Waals surface area contributed by atoms with E-state index in [-0.39, 0.29) is 31.0 Å². The fraction of sp³-hybridized carbons (Fsp3) is 0.267. The molecule has 0 spiro atoms. The standard InChI is InChI=1S/C15H13BrF2N2O6/c1-26-15(25)7-5-20(2-3-21)13(22)12(7)19-11-6(14(23)24)4-8(17)10(18)9(11)16/h4,19,21H,2-3,5H2,1H3,(H,23,24). The first-order valence-corrected chi connectivity index (χ1v) is 7.91. The minimum absolute atomic E-state index is 0.0881. The van der Waals surface area contributed by atoms with Gasteiger partial charge in [-0.25, -0.2) is 18.4 Å². The van der Waals surface area contributed by atoms with Crippen molar-refractivity contribution in [3.05, 3.63) is 39.0 Å². The molecule has 8 nitrogen and oxygen atoms in total. The molecule has 0 aliphatic carbocycles. The van der Waals surface area contributed by atoms with Gasteiger partial charge in [0.25, 0.3) is 5.91 Å². The average Bonchev–Trinajstić information content (AvgIpc) is 2.90. The Labute approximate surface area is 154 Å². The van der Waals surface area contributed by atoms with Crippen molar-refractivity contribution in [2.24, 2.45) is 0 Å². The van der Waals surface area contributed by atoms with Crippen molar-refractivity contribution in [1.82, 2.24) is 4.90 Å². The van der Waals surface area contributed by atoms with Crippen LogP contribution in [0.5, 0.6) is 0 Å². The largest absolute Gasteiger partial charge is 0.478 e. The summed E-state index contributed by atoms with van der Waals surface area (Å²) < 4.78 is 31.4. The van der Waals surface area contributed by atoms with Crippen LogP contribution in [0.2, 0.25) is 0 Å². The van der Waals surface area contributed by atoms with Crippen LogP contribution >= 0.6 is 15.9 Å². The first-order valence-electron chi connectivity index (χ1n) is 7.12. The Kier molecular flexibility index (Phi) is 5.93. The van der Waals surface area contributed by atoms with Crippen molar-refractivity contribution in [2.45, 2.75) is 0 Å². The topological polar surface area (TPSA) is 116 Å². The molecular formula is C15H13BrF2N2O6. The molecule has 1 aromatic carbocycles. The summed E-state index contributed by atoms with van der Waals surface area (Å²) in [6.07, 6.45) is 0. The van der Waals surface area contributed by atoms with Gasteiger partial charge in [-0.1, -0.05) is 0 Å². The molecule has 1 aliphatic rings. The number of aliphatic hydroxyl groups is 1. The number of carboxylic acids is 1. The molecule has 0 bridgehead atoms. The number of anilines is 1. The highest BCUT2D eigenvalue weighted by molar-refractivity contribution is 9.10. The van der Waals surface area contributed by atoms with Gasteiger partial charge >= 0.3 is 11.9 Å². The number of methoxy groups -OCH3 is 1. The zero-order valence-electron chi connectivity index (χ0n) is 13.3. The number of ether oxygens (including phenoxy) is 1. The molecule has 2 rings (SSSR count). The highest BCUT2D eigenvalue weighted by atomic mass is 79.9. The molecule has 0 aromatic heterocycles. The summed E-state index contributed by atoms with van der Waals surface area (Å²) in [7, 11) is 1.09. The maximum absolute atomic E-state index is 13.8. The van der Waals surface area contributed by atoms with Crippen LogP contribution in [0.3, 0.4) is 0 Å². The third-order valence-electron chi connectivity index (χ3n) is 3.60. The smallest absolute Gasteiger partial charge is 0.337 e. The number of carboxylic acid groups (broad SMARTS) is 1. The Morgan fingerprint density at radius 3 is 2.62 bits per heavy atom. The summed E-state index contributed by atoms with van der Waals surface area (Å²) >= 11 is 2.75. The number of carbonyl (C=O) groups excluding carboxylic acids is 2. The zero-order valence-corrected chi connectivity index (χ0v) is 14.9. The highest BCUT2D eigenvalue weighted by Gasteiger charge is 2.35. The fourth-order valence-corrected chi connectivity index (χ4v) is 2.86. The minimum Gasteiger partial charge on any atom is -0.478 e. The predicted octanol–water partition coefficient (Wildman–Crippen LogP) is 1.10. The van der Waals surface area contributed by atoms with Gasteiger partial charge in [-0.15, -0.1) is 0 Å². The molecule has 0 radical (unpaired) electrons. The van der Waals surface area contributed by atoms with Gasteiger partial charge in [-0.3, -0.25) is 4.79 Å². The third kappa shape index (κ3) is 3.53. The summed E-state index contributed by atoms with van der Waals surface area (Å²) in [6, 6.07) is 0.452. The molecule has 0 saturated carbocycles. The van der Waals surface area contributed by atoms with Crippen LogP contribution in [-0.2, 0) is 14.3 Å². The number of esters is 1. The van der Waals surface area contributed by atoms with E-state index in [1.54, 1.807) is 0 Å². The van der Waals surface area contributed by atoms with Gasteiger partial charge in [0.15, 0.2) is 11.6 Å². The number of hydrogen-bond acceptors (Lipinski definition) is 6. The van der Waals surface area contributed by atoms with Gasteiger partial charge in [0.05, 0.1) is 41.6 Å². The van der Waals surface area contributed by atoms with Crippen molar-refractivity contribution >= 4 is 39.5 Å². The number of hydrogen-bond donors (Lipinski definition) is 3. The van der Waals surface area contributed by atoms with Crippen molar-refractivity contribution in [2.75, 3.05) is 32.1 Å². The molecule has 1 aliphatic heterocycles. The summed E-state index contributed by atoms with van der Waals surface area (Å²) in [5.41, 5.74) is -1.58. The van der Waals surface area contributed by atoms with E-state index in [1.807, 2.05) is 0 Å². The molecule has 3 N–H and O–H groups in total. The predicted molar refractivity (Wildman–Crippen MR) is 87.3 cm³/mol. The summed E-state index contributed by atoms with van der Waals surface area (Å²) in [4.78, 5) is 36.8. The van der Waals surface area contributed by atoms with Gasteiger partial charge in [0, 0.05) is 6.54 Å². The number of nitrogens with one attached hydrogen (secondary N) is 1. The van der Waals surface area contributed by atoms with Gasteiger partial charge in [0.1, 0.15) is 5.70 Å². The zero-order chi connectivity index (χ0) is 19.6. The second-order valence-electron chi connectivity index (χ2n) is 5.13. The molecule has 140 valence electrons. The Morgan fingerprint density at radius 1 is 1.42 bits per heavy atom. The molecule has 0 atom stereocenters. The molecule has 0 saturated heterocycles. The monoisotopic (exact) mass is 434 g/mol. The van der Waals surface area contributed by atoms with Crippen LogP contribution in [0.25, 0.3) is 0 Å². The van der Waals surface area contributed by atoms with Crippen LogP contribution in [0.1, 0.15) is 10.4 Å². The number of amides is 1. The average molecular weight is 435 g/mol. The number of nitrogens with zero attached hydrogens (tertiary/aromatic N) is 1. The van der Waals surface area contributed by atoms with Gasteiger partial charge < -0.3 is 25.2 Å². The molecule has 1 amide bonds. The lowest BCUT2D eigenvalue weighted by Gasteiger charge is -2.16. The van der Waals surface area contributed by atoms with E-state index in [2.05, 4.69) is 26.0 Å². The second-order valence-corrected chi connectivity index (χ2v) is 5.93. The molecule has 11 heteroatoms. The normalized spacial score (nSPS) is 14.0. The van der Waals surface area contributed by atoms with Gasteiger partial charge in [0.2, 0.25) is 0 Å². The second kappa shape index (κ2) is 7.79. The lowest BCUT2D eigenvalue weighted by molar-refractivity contribution is -0.136. The lowest BCUT2D eigenvalue weighted by atomic mass is 10.1. The maximum atomic E-state index is 13.8. The van der Waals surface area contributed by atoms with Crippen molar-refractivity contribution < 1.29 is 38.1 Å². The molecule has 0 unspecified atom stereocenters. The van der Waals surface area contributed by atoms with Crippen LogP contribution in [0.15, 0.2) is 21.8 Å². The minimum atomic E-state index is -1.58. The van der Waals surface area contributed by atoms with E-state index >= 15 is 0 Å². The van der Waals surface area contributed by atoms with Crippen LogP contribution in [0.4, 0.5) is 14.5 Å². The van der Waals surface area contributed by atoms with Crippen LogP contribution in [-0.4, -0.2) is 59.8 Å². The molecule has 1 aromatic rings. The van der Waals surface area contributed by atoms with E-state index < -0.39 is 45.2 Å². The molecule has 1 heterocycles. The van der Waals surface area contributed by atoms with E-state index in [9.17, 15) is 28.3 Å². The quantitative estimate of drug-likeness (QED) is 0.453. The maximum Gasteiger partial charge on any atom is 0.337 e. The molecule has 0 fully saturated rings. The van der Waals surface area contributed by atoms with E-state index in [0.29, 0.717) is 6.07 Å². The van der Waals surface area contributed by atoms with Gasteiger partial charge in [-0.2, -0.15) is 0 Å². The molecule has 26 heavy (non-hydrogen) atoms. The first-order chi connectivity index (χ1) is 12.2. The van der Waals surface area contributed by atoms with Crippen LogP contribution in [0, 0.1) is 11.6 Å². The Bertz CT molecular complexity index is 827. The number of carbonyl (C=O) groups is 3. The van der Waals surface area contributed by atoms with E-state index in [1.165, 1.54) is 0 Å². The first kappa shape index (κ1) is 19.8. The number of halogens is 3. The summed E-state index contributed by atoms with van der Waals surface area (Å²) in [5.74, 6) is -5.94. The third-order valence-corrected chi connectivity index (χ3v) is 4.34. The lowest BCUT2D eigenvalue weighted by Crippen LogP contribution is -2.31. The van der Waals surface area contributed by atoms with Crippen molar-refractivity contribution in [3.8, 4) is 0 Å². The van der Waals surface area contributed by atoms with Crippen LogP contribution < -0.4 is 5.32 Å². The number of β-amino-alcohol motifs (C(OH)–C–C–N with tert-alkyl or cyclic N) is 1. The number of aliphatic hydroxyl groups excluding tert-OH is 1. The SMILES string of the molecule is COC(=O)C1=C(Nc2c(C(=O)O)cc(F)c(F)c2Br)C(=O)N(CCO)C1. The van der Waals surface area contributed by atoms with Crippen molar-refractivity contribution in [1.29, 1.82) is 0 Å². The Morgan fingerprint density at radius 2 is 2.08 bits per heavy atom. The number of rotatable bonds is 6. The summed E-state index contributed by atoms with van der Waals surface area (Å²) in [5, 5.41) is 20.6. The molecular weight excluding hydrogens is 422 g/mol. The Hall–Kier alpha value is -2.53. The Balaban J connectivity index is 2.57. The number of benzene rings is 1. The summed E-state index contributed by atoms with van der Waals surface area (Å²) in [6.45, 7) is -0.657. The van der Waals surface area contributed by atoms with Gasteiger partial charge in [-0.05, 0) is 22.0 Å². The van der Waals surface area contributed by atoms with Crippen molar-refractivity contribution in [3.63, 3.8) is 0 Å². The van der Waals surface area contributed by atoms with E-state index in [4.69, 9.17) is 5.11 Å².